The highest BCUT2D eigenvalue weighted by Gasteiger charge is 2.31. The third kappa shape index (κ3) is 10.6. The van der Waals surface area contributed by atoms with Gasteiger partial charge >= 0.3 is 12.4 Å². The molecule has 0 bridgehead atoms. The zero-order valence-electron chi connectivity index (χ0n) is 23.7. The number of nitrogens with one attached hydrogen (secondary N) is 2. The lowest BCUT2D eigenvalue weighted by Crippen LogP contribution is -3.21. The molecule has 2 aromatic carbocycles. The third-order valence-corrected chi connectivity index (χ3v) is 8.31. The second kappa shape index (κ2) is 15.4. The number of carboxylic acids is 2. The van der Waals surface area contributed by atoms with Crippen molar-refractivity contribution in [2.75, 3.05) is 37.7 Å². The molecule has 0 atom stereocenters. The number of benzene rings is 2. The van der Waals surface area contributed by atoms with Crippen LogP contribution in [0.15, 0.2) is 48.7 Å². The molecule has 3 aromatic rings. The van der Waals surface area contributed by atoms with Crippen molar-refractivity contribution in [2.24, 2.45) is 5.73 Å². The van der Waals surface area contributed by atoms with Crippen molar-refractivity contribution in [3.63, 3.8) is 0 Å². The number of aromatic nitrogens is 2. The number of likely N-dealkylation sites (tertiary alicyclic amines) is 1. The van der Waals surface area contributed by atoms with Crippen LogP contribution in [-0.2, 0) is 16.1 Å². The number of thioether (sulfide) groups is 1. The summed E-state index contributed by atoms with van der Waals surface area (Å²) >= 11 is 2.11. The number of fused-ring (bicyclic) bond motifs is 1. The number of carboxylic acid groups (broad SMARTS) is 2. The Morgan fingerprint density at radius 2 is 1.42 bits per heavy atom. The molecule has 2 fully saturated rings. The Morgan fingerprint density at radius 3 is 1.91 bits per heavy atom. The molecule has 0 spiro atoms. The summed E-state index contributed by atoms with van der Waals surface area (Å²) < 4.78 is 64.9. The van der Waals surface area contributed by atoms with E-state index in [2.05, 4.69) is 41.1 Å². The molecule has 1 aromatic heterocycles. The third-order valence-electron chi connectivity index (χ3n) is 7.32. The van der Waals surface area contributed by atoms with E-state index < -0.39 is 30.2 Å². The van der Waals surface area contributed by atoms with Gasteiger partial charge in [0.25, 0.3) is 5.91 Å². The van der Waals surface area contributed by atoms with Gasteiger partial charge in [0.2, 0.25) is 0 Å². The van der Waals surface area contributed by atoms with Crippen LogP contribution < -0.4 is 25.7 Å². The van der Waals surface area contributed by atoms with Crippen LogP contribution >= 0.6 is 11.8 Å². The summed E-state index contributed by atoms with van der Waals surface area (Å²) in [6.07, 6.45) is -5.72. The minimum absolute atomic E-state index is 0.446. The summed E-state index contributed by atoms with van der Waals surface area (Å²) in [7, 11) is 0. The number of halogens is 6. The first-order valence-electron chi connectivity index (χ1n) is 13.8. The number of primary amides is 1. The molecule has 0 radical (unpaired) electrons. The van der Waals surface area contributed by atoms with E-state index in [1.54, 1.807) is 11.0 Å². The Balaban J connectivity index is 0.000000331. The van der Waals surface area contributed by atoms with Gasteiger partial charge in [0.15, 0.2) is 0 Å². The average Bonchev–Trinajstić information content (AvgIpc) is 3.43. The molecule has 2 aliphatic rings. The second-order valence-electron chi connectivity index (χ2n) is 10.4. The molecule has 5 rings (SSSR count). The molecule has 246 valence electrons. The molecule has 10 nitrogen and oxygen atoms in total. The molecule has 3 heterocycles. The van der Waals surface area contributed by atoms with Gasteiger partial charge in [0.1, 0.15) is 24.0 Å². The number of piperidine rings is 1. The largest absolute Gasteiger partial charge is 0.542 e. The van der Waals surface area contributed by atoms with Crippen LogP contribution in [0.1, 0.15) is 28.8 Å². The Morgan fingerprint density at radius 1 is 0.889 bits per heavy atom. The van der Waals surface area contributed by atoms with Gasteiger partial charge in [-0.15, -0.1) is 0 Å². The molecule has 4 N–H and O–H groups in total. The lowest BCUT2D eigenvalue weighted by atomic mass is 10.0. The van der Waals surface area contributed by atoms with E-state index in [0.717, 1.165) is 23.7 Å². The van der Waals surface area contributed by atoms with Crippen molar-refractivity contribution in [1.29, 1.82) is 0 Å². The zero-order chi connectivity index (χ0) is 33.4. The van der Waals surface area contributed by atoms with Crippen molar-refractivity contribution in [2.45, 2.75) is 37.8 Å². The highest BCUT2D eigenvalue weighted by atomic mass is 32.2. The fourth-order valence-electron chi connectivity index (χ4n) is 5.08. The first-order chi connectivity index (χ1) is 21.1. The molecule has 0 unspecified atom stereocenters. The number of rotatable bonds is 5. The summed E-state index contributed by atoms with van der Waals surface area (Å²) in [5.41, 5.74) is 8.98. The van der Waals surface area contributed by atoms with Gasteiger partial charge in [-0.2, -0.15) is 43.2 Å². The quantitative estimate of drug-likeness (QED) is 0.294. The molecule has 0 saturated carbocycles. The first-order valence-corrected chi connectivity index (χ1v) is 14.9. The predicted octanol–water partition coefficient (Wildman–Crippen LogP) is -1.10. The Bertz CT molecular complexity index is 1430. The summed E-state index contributed by atoms with van der Waals surface area (Å²) in [4.78, 5) is 32.8. The number of carbonyl (C=O) groups is 3. The van der Waals surface area contributed by atoms with Crippen LogP contribution in [0.2, 0.25) is 0 Å². The first kappa shape index (κ1) is 35.6. The molecule has 0 aliphatic carbocycles. The number of aliphatic carboxylic acids is 2. The lowest BCUT2D eigenvalue weighted by molar-refractivity contribution is -0.961. The summed E-state index contributed by atoms with van der Waals surface area (Å²) in [5.74, 6) is -3.78. The van der Waals surface area contributed by atoms with Crippen molar-refractivity contribution < 1.29 is 60.7 Å². The Hall–Kier alpha value is -3.83. The minimum atomic E-state index is -5.19. The standard InChI is InChI=1S/C24H29N5OS.2C2HF3O2/c25-24(30)22-3-1-2-19-17-29(26-23(19)22)21-6-4-18(5-7-21)16-27-10-8-20(9-11-27)28-12-14-31-15-13-28;2*3-2(4,5)1(6)7/h1-7,17,20H,8-16H2,(H2,25,30);2*(H,6,7). The monoisotopic (exact) mass is 663 g/mol. The van der Waals surface area contributed by atoms with Crippen molar-refractivity contribution in [3.05, 3.63) is 59.8 Å². The lowest BCUT2D eigenvalue weighted by Gasteiger charge is -2.36. The Kier molecular flexibility index (Phi) is 12.2. The highest BCUT2D eigenvalue weighted by molar-refractivity contribution is 7.99. The number of hydrogen-bond donors (Lipinski definition) is 3. The molecule has 17 heteroatoms. The van der Waals surface area contributed by atoms with Gasteiger partial charge in [-0.3, -0.25) is 4.79 Å². The van der Waals surface area contributed by atoms with Gasteiger partial charge in [-0.25, -0.2) is 4.68 Å². The summed E-state index contributed by atoms with van der Waals surface area (Å²) in [5, 5.41) is 23.1. The number of carbonyl (C=O) groups excluding carboxylic acids is 3. The van der Waals surface area contributed by atoms with Crippen LogP contribution in [-0.4, -0.2) is 83.7 Å². The van der Waals surface area contributed by atoms with Crippen LogP contribution in [0.5, 0.6) is 0 Å². The maximum Gasteiger partial charge on any atom is 0.430 e. The predicted molar refractivity (Wildman–Crippen MR) is 147 cm³/mol. The van der Waals surface area contributed by atoms with Gasteiger partial charge in [-0.05, 0) is 18.2 Å². The van der Waals surface area contributed by atoms with Crippen molar-refractivity contribution >= 4 is 40.5 Å². The van der Waals surface area contributed by atoms with Gasteiger partial charge in [0, 0.05) is 41.5 Å². The van der Waals surface area contributed by atoms with Gasteiger partial charge in [-0.1, -0.05) is 24.3 Å². The number of nitrogens with zero attached hydrogens (tertiary/aromatic N) is 2. The van der Waals surface area contributed by atoms with Crippen molar-refractivity contribution in [1.82, 2.24) is 9.78 Å². The zero-order valence-corrected chi connectivity index (χ0v) is 24.6. The smallest absolute Gasteiger partial charge is 0.430 e. The molecular weight excluding hydrogens is 632 g/mol. The Labute approximate surface area is 257 Å². The average molecular weight is 664 g/mol. The van der Waals surface area contributed by atoms with Crippen LogP contribution in [0.25, 0.3) is 16.6 Å². The highest BCUT2D eigenvalue weighted by Crippen LogP contribution is 2.20. The number of alkyl halides is 6. The van der Waals surface area contributed by atoms with Gasteiger partial charge < -0.3 is 35.3 Å². The van der Waals surface area contributed by atoms with E-state index in [-0.39, 0.29) is 0 Å². The number of quaternary nitrogens is 2. The second-order valence-corrected chi connectivity index (χ2v) is 11.6. The molecule has 1 amide bonds. The van der Waals surface area contributed by atoms with Crippen LogP contribution in [0.4, 0.5) is 26.3 Å². The maximum absolute atomic E-state index is 11.7. The maximum atomic E-state index is 11.7. The minimum Gasteiger partial charge on any atom is -0.542 e. The fourth-order valence-corrected chi connectivity index (χ4v) is 6.10. The van der Waals surface area contributed by atoms with E-state index in [1.165, 1.54) is 56.1 Å². The van der Waals surface area contributed by atoms with E-state index >= 15 is 0 Å². The van der Waals surface area contributed by atoms with E-state index in [0.29, 0.717) is 11.1 Å². The van der Waals surface area contributed by atoms with Crippen molar-refractivity contribution in [3.8, 4) is 5.69 Å². The summed E-state index contributed by atoms with van der Waals surface area (Å²) in [6, 6.07) is 15.1. The van der Waals surface area contributed by atoms with Crippen LogP contribution in [0, 0.1) is 0 Å². The van der Waals surface area contributed by atoms with E-state index in [1.807, 2.05) is 27.9 Å². The normalized spacial score (nSPS) is 19.1. The number of hydrogen-bond acceptors (Lipinski definition) is 7. The van der Waals surface area contributed by atoms with E-state index in [9.17, 15) is 31.1 Å². The van der Waals surface area contributed by atoms with Crippen LogP contribution in [0.3, 0.4) is 0 Å². The fraction of sp³-hybridized carbons (Fsp3) is 0.429. The molecule has 2 saturated heterocycles. The SMILES string of the molecule is NC(=O)c1cccc2cn(-c3ccc(C[NH+]4CCC([NH+]5CCSCC5)CC4)cc3)nc12.O=C([O-])C(F)(F)F.O=C([O-])C(F)(F)F. The molecule has 2 aliphatic heterocycles. The summed E-state index contributed by atoms with van der Waals surface area (Å²) in [6.45, 7) is 6.36. The van der Waals surface area contributed by atoms with Gasteiger partial charge in [0.05, 0.1) is 43.5 Å². The number of nitrogens with two attached hydrogens (primary N) is 1. The topological polar surface area (TPSA) is 150 Å². The number of amides is 1. The molecule has 45 heavy (non-hydrogen) atoms. The van der Waals surface area contributed by atoms with E-state index in [4.69, 9.17) is 25.5 Å². The molecular formula is C28H31F6N5O5S.